The first-order valence-electron chi connectivity index (χ1n) is 9.64. The van der Waals surface area contributed by atoms with Crippen molar-refractivity contribution in [1.82, 2.24) is 19.7 Å². The molecule has 1 aromatic carbocycles. The number of para-hydroxylation sites is 1. The summed E-state index contributed by atoms with van der Waals surface area (Å²) < 4.78 is 7.72. The van der Waals surface area contributed by atoms with Crippen molar-refractivity contribution >= 4 is 0 Å². The predicted octanol–water partition coefficient (Wildman–Crippen LogP) is 2.41. The van der Waals surface area contributed by atoms with Crippen LogP contribution in [-0.2, 0) is 13.6 Å². The number of hydrogen-bond donors (Lipinski definition) is 1. The normalized spacial score (nSPS) is 24.4. The number of nitrogens with zero attached hydrogens (tertiary/aromatic N) is 4. The van der Waals surface area contributed by atoms with Crippen LogP contribution in [0.15, 0.2) is 24.3 Å². The molecule has 1 aromatic heterocycles. The SMILES string of the molecule is COc1ccccc1C1CCN(Cc2nnc(C3CC(N)C3)n2C)CC1. The predicted molar refractivity (Wildman–Crippen MR) is 101 cm³/mol. The van der Waals surface area contributed by atoms with Gasteiger partial charge in [-0.05, 0) is 56.3 Å². The summed E-state index contributed by atoms with van der Waals surface area (Å²) in [6, 6.07) is 8.76. The van der Waals surface area contributed by atoms with Gasteiger partial charge in [-0.3, -0.25) is 4.90 Å². The van der Waals surface area contributed by atoms with Gasteiger partial charge in [-0.15, -0.1) is 10.2 Å². The van der Waals surface area contributed by atoms with Gasteiger partial charge in [0.15, 0.2) is 0 Å². The Morgan fingerprint density at radius 2 is 1.85 bits per heavy atom. The molecule has 2 heterocycles. The molecule has 6 heteroatoms. The van der Waals surface area contributed by atoms with E-state index in [0.29, 0.717) is 17.9 Å². The molecule has 2 N–H and O–H groups in total. The highest BCUT2D eigenvalue weighted by atomic mass is 16.5. The van der Waals surface area contributed by atoms with Gasteiger partial charge in [-0.1, -0.05) is 18.2 Å². The van der Waals surface area contributed by atoms with Crippen molar-refractivity contribution in [3.05, 3.63) is 41.5 Å². The van der Waals surface area contributed by atoms with Crippen molar-refractivity contribution in [1.29, 1.82) is 0 Å². The Morgan fingerprint density at radius 1 is 1.12 bits per heavy atom. The molecule has 1 aliphatic heterocycles. The molecule has 0 unspecified atom stereocenters. The molecule has 0 bridgehead atoms. The van der Waals surface area contributed by atoms with E-state index in [1.165, 1.54) is 5.56 Å². The lowest BCUT2D eigenvalue weighted by atomic mass is 9.80. The molecule has 0 amide bonds. The summed E-state index contributed by atoms with van der Waals surface area (Å²) in [5.74, 6) is 4.26. The summed E-state index contributed by atoms with van der Waals surface area (Å²) >= 11 is 0. The third-order valence-electron chi connectivity index (χ3n) is 6.07. The van der Waals surface area contributed by atoms with E-state index in [2.05, 4.69) is 44.9 Å². The van der Waals surface area contributed by atoms with E-state index in [0.717, 1.165) is 62.7 Å². The molecule has 1 aliphatic carbocycles. The van der Waals surface area contributed by atoms with Gasteiger partial charge >= 0.3 is 0 Å². The lowest BCUT2D eigenvalue weighted by Gasteiger charge is -2.33. The highest BCUT2D eigenvalue weighted by molar-refractivity contribution is 5.36. The summed E-state index contributed by atoms with van der Waals surface area (Å²) in [5.41, 5.74) is 7.26. The van der Waals surface area contributed by atoms with Crippen LogP contribution >= 0.6 is 0 Å². The zero-order valence-corrected chi connectivity index (χ0v) is 15.8. The van der Waals surface area contributed by atoms with E-state index >= 15 is 0 Å². The minimum atomic E-state index is 0.342. The first-order valence-corrected chi connectivity index (χ1v) is 9.64. The number of rotatable bonds is 5. The van der Waals surface area contributed by atoms with Gasteiger partial charge in [-0.25, -0.2) is 0 Å². The molecular formula is C20H29N5O. The van der Waals surface area contributed by atoms with Gasteiger partial charge in [0.1, 0.15) is 17.4 Å². The van der Waals surface area contributed by atoms with E-state index in [-0.39, 0.29) is 0 Å². The van der Waals surface area contributed by atoms with Gasteiger partial charge in [0.25, 0.3) is 0 Å². The molecule has 0 radical (unpaired) electrons. The number of likely N-dealkylation sites (tertiary alicyclic amines) is 1. The molecule has 140 valence electrons. The zero-order valence-electron chi connectivity index (χ0n) is 15.8. The van der Waals surface area contributed by atoms with Gasteiger partial charge in [-0.2, -0.15) is 0 Å². The summed E-state index contributed by atoms with van der Waals surface area (Å²) in [6.07, 6.45) is 4.39. The molecule has 2 aliphatic rings. The third-order valence-corrected chi connectivity index (χ3v) is 6.07. The van der Waals surface area contributed by atoms with Crippen LogP contribution in [-0.4, -0.2) is 45.9 Å². The Hall–Kier alpha value is -1.92. The van der Waals surface area contributed by atoms with Crippen LogP contribution in [0.4, 0.5) is 0 Å². The van der Waals surface area contributed by atoms with Crippen LogP contribution in [0.2, 0.25) is 0 Å². The molecule has 4 rings (SSSR count). The molecule has 1 saturated heterocycles. The third kappa shape index (κ3) is 3.35. The standard InChI is InChI=1S/C20H29N5O/c1-24-19(22-23-20(24)15-11-16(21)12-15)13-25-9-7-14(8-10-25)17-5-3-4-6-18(17)26-2/h3-6,14-16H,7-13,21H2,1-2H3. The Morgan fingerprint density at radius 3 is 2.54 bits per heavy atom. The van der Waals surface area contributed by atoms with Crippen molar-refractivity contribution in [2.75, 3.05) is 20.2 Å². The molecule has 0 atom stereocenters. The van der Waals surface area contributed by atoms with Crippen molar-refractivity contribution in [3.8, 4) is 5.75 Å². The first-order chi connectivity index (χ1) is 12.7. The maximum absolute atomic E-state index is 5.92. The molecular weight excluding hydrogens is 326 g/mol. The van der Waals surface area contributed by atoms with Crippen molar-refractivity contribution in [3.63, 3.8) is 0 Å². The summed E-state index contributed by atoms with van der Waals surface area (Å²) in [7, 11) is 3.85. The topological polar surface area (TPSA) is 69.2 Å². The van der Waals surface area contributed by atoms with Crippen molar-refractivity contribution < 1.29 is 4.74 Å². The van der Waals surface area contributed by atoms with Crippen molar-refractivity contribution in [2.45, 2.75) is 50.1 Å². The highest BCUT2D eigenvalue weighted by Gasteiger charge is 2.32. The molecule has 6 nitrogen and oxygen atoms in total. The summed E-state index contributed by atoms with van der Waals surface area (Å²) in [6.45, 7) is 3.04. The first kappa shape index (κ1) is 17.5. The molecule has 1 saturated carbocycles. The average molecular weight is 355 g/mol. The average Bonchev–Trinajstić information content (AvgIpc) is 3.00. The Kier molecular flexibility index (Phi) is 4.96. The van der Waals surface area contributed by atoms with Gasteiger partial charge in [0, 0.05) is 19.0 Å². The van der Waals surface area contributed by atoms with E-state index in [9.17, 15) is 0 Å². The van der Waals surface area contributed by atoms with E-state index in [1.54, 1.807) is 7.11 Å². The molecule has 2 fully saturated rings. The fourth-order valence-corrected chi connectivity index (χ4v) is 4.35. The second kappa shape index (κ2) is 7.37. The van der Waals surface area contributed by atoms with E-state index in [4.69, 9.17) is 10.5 Å². The number of benzene rings is 1. The number of methoxy groups -OCH3 is 1. The maximum atomic E-state index is 5.92. The Labute approximate surface area is 155 Å². The summed E-state index contributed by atoms with van der Waals surface area (Å²) in [4.78, 5) is 2.49. The van der Waals surface area contributed by atoms with Crippen LogP contribution in [0, 0.1) is 0 Å². The number of hydrogen-bond acceptors (Lipinski definition) is 5. The lowest BCUT2D eigenvalue weighted by molar-refractivity contribution is 0.196. The molecule has 26 heavy (non-hydrogen) atoms. The van der Waals surface area contributed by atoms with Crippen LogP contribution < -0.4 is 10.5 Å². The van der Waals surface area contributed by atoms with Crippen LogP contribution in [0.3, 0.4) is 0 Å². The zero-order chi connectivity index (χ0) is 18.1. The van der Waals surface area contributed by atoms with Crippen LogP contribution in [0.25, 0.3) is 0 Å². The second-order valence-electron chi connectivity index (χ2n) is 7.75. The molecule has 0 spiro atoms. The minimum Gasteiger partial charge on any atom is -0.496 e. The fourth-order valence-electron chi connectivity index (χ4n) is 4.35. The van der Waals surface area contributed by atoms with Crippen LogP contribution in [0.5, 0.6) is 5.75 Å². The molecule has 2 aromatic rings. The monoisotopic (exact) mass is 355 g/mol. The van der Waals surface area contributed by atoms with Gasteiger partial charge in [0.2, 0.25) is 0 Å². The lowest BCUT2D eigenvalue weighted by Crippen LogP contribution is -2.36. The fraction of sp³-hybridized carbons (Fsp3) is 0.600. The maximum Gasteiger partial charge on any atom is 0.146 e. The second-order valence-corrected chi connectivity index (χ2v) is 7.75. The van der Waals surface area contributed by atoms with Crippen molar-refractivity contribution in [2.24, 2.45) is 12.8 Å². The Balaban J connectivity index is 1.36. The number of aromatic nitrogens is 3. The van der Waals surface area contributed by atoms with E-state index in [1.807, 2.05) is 6.07 Å². The van der Waals surface area contributed by atoms with E-state index < -0.39 is 0 Å². The number of nitrogens with two attached hydrogens (primary N) is 1. The number of ether oxygens (including phenoxy) is 1. The largest absolute Gasteiger partial charge is 0.496 e. The van der Waals surface area contributed by atoms with Gasteiger partial charge < -0.3 is 15.0 Å². The number of piperidine rings is 1. The van der Waals surface area contributed by atoms with Crippen LogP contribution in [0.1, 0.15) is 54.7 Å². The van der Waals surface area contributed by atoms with Gasteiger partial charge in [0.05, 0.1) is 13.7 Å². The quantitative estimate of drug-likeness (QED) is 0.892. The Bertz CT molecular complexity index is 744. The smallest absolute Gasteiger partial charge is 0.146 e. The summed E-state index contributed by atoms with van der Waals surface area (Å²) in [5, 5.41) is 8.89. The minimum absolute atomic E-state index is 0.342. The highest BCUT2D eigenvalue weighted by Crippen LogP contribution is 2.36.